The summed E-state index contributed by atoms with van der Waals surface area (Å²) >= 11 is 0. The first kappa shape index (κ1) is 29.8. The average Bonchev–Trinajstić information content (AvgIpc) is 3.37. The number of carboxylic acid groups (broad SMARTS) is 1. The molecule has 0 saturated carbocycles. The lowest BCUT2D eigenvalue weighted by atomic mass is 10.0. The van der Waals surface area contributed by atoms with E-state index < -0.39 is 39.7 Å². The lowest BCUT2D eigenvalue weighted by molar-refractivity contribution is -0.138. The Morgan fingerprint density at radius 1 is 0.930 bits per heavy atom. The van der Waals surface area contributed by atoms with E-state index in [1.807, 2.05) is 0 Å². The van der Waals surface area contributed by atoms with Crippen LogP contribution < -0.4 is 9.62 Å². The molecule has 4 aromatic rings. The third-order valence-corrected chi connectivity index (χ3v) is 9.21. The molecule has 1 heterocycles. The number of benzene rings is 4. The number of para-hydroxylation sites is 1. The molecule has 2 N–H and O–H groups in total. The van der Waals surface area contributed by atoms with Gasteiger partial charge in [-0.25, -0.2) is 8.42 Å². The van der Waals surface area contributed by atoms with Gasteiger partial charge in [-0.05, 0) is 70.6 Å². The fourth-order valence-corrected chi connectivity index (χ4v) is 6.85. The van der Waals surface area contributed by atoms with E-state index in [0.717, 1.165) is 27.6 Å². The number of nitrogens with one attached hydrogen (secondary N) is 1. The molecule has 5 rings (SSSR count). The van der Waals surface area contributed by atoms with Gasteiger partial charge >= 0.3 is 12.1 Å². The van der Waals surface area contributed by atoms with E-state index in [4.69, 9.17) is 5.11 Å². The lowest BCUT2D eigenvalue weighted by Crippen LogP contribution is -2.47. The van der Waals surface area contributed by atoms with Crippen molar-refractivity contribution in [1.82, 2.24) is 5.32 Å². The van der Waals surface area contributed by atoms with Crippen molar-refractivity contribution in [3.05, 3.63) is 119 Å². The van der Waals surface area contributed by atoms with Gasteiger partial charge in [0.1, 0.15) is 6.04 Å². The normalized spacial score (nSPS) is 14.8. The van der Waals surface area contributed by atoms with Gasteiger partial charge in [0.25, 0.3) is 10.0 Å². The van der Waals surface area contributed by atoms with E-state index in [-0.39, 0.29) is 29.8 Å². The van der Waals surface area contributed by atoms with E-state index >= 15 is 0 Å². The monoisotopic (exact) mass is 608 g/mol. The van der Waals surface area contributed by atoms with Crippen LogP contribution in [0.2, 0.25) is 0 Å². The summed E-state index contributed by atoms with van der Waals surface area (Å²) in [6.07, 6.45) is -4.48. The van der Waals surface area contributed by atoms with Crippen LogP contribution in [0.4, 0.5) is 18.9 Å². The number of carboxylic acids is 1. The molecule has 0 spiro atoms. The van der Waals surface area contributed by atoms with Gasteiger partial charge in [-0.3, -0.25) is 13.9 Å². The number of hydrogen-bond donors (Lipinski definition) is 2. The molecule has 0 aliphatic carbocycles. The standard InChI is InChI=1S/C32H27F3N2O5S/c1-20-15-21(9-10-23(20)18-30(38)39)19-36-31(40)29-17-25-5-2-3-8-28(25)37(29)43(41,42)27-13-11-22(12-14-27)24-6-4-7-26(16-24)32(33,34)35/h2-16,29H,17-19H2,1H3,(H,36,40)(H,38,39)/t29-/m0/s1. The van der Waals surface area contributed by atoms with Crippen molar-refractivity contribution in [1.29, 1.82) is 0 Å². The number of aryl methyl sites for hydroxylation is 1. The topological polar surface area (TPSA) is 104 Å². The fourth-order valence-electron chi connectivity index (χ4n) is 5.20. The Hall–Kier alpha value is -4.64. The number of sulfonamides is 1. The minimum absolute atomic E-state index is 0.109. The van der Waals surface area contributed by atoms with Crippen LogP contribution in [0.5, 0.6) is 0 Å². The van der Waals surface area contributed by atoms with Crippen molar-refractivity contribution >= 4 is 27.6 Å². The van der Waals surface area contributed by atoms with Gasteiger partial charge in [0.05, 0.1) is 22.6 Å². The lowest BCUT2D eigenvalue weighted by Gasteiger charge is -2.26. The molecule has 43 heavy (non-hydrogen) atoms. The predicted octanol–water partition coefficient (Wildman–Crippen LogP) is 5.74. The number of carbonyl (C=O) groups is 2. The van der Waals surface area contributed by atoms with Gasteiger partial charge < -0.3 is 10.4 Å². The highest BCUT2D eigenvalue weighted by molar-refractivity contribution is 7.93. The molecule has 1 atom stereocenters. The molecule has 0 fully saturated rings. The van der Waals surface area contributed by atoms with Crippen LogP contribution in [0, 0.1) is 6.92 Å². The first-order valence-corrected chi connectivity index (χ1v) is 14.8. The number of rotatable bonds is 8. The van der Waals surface area contributed by atoms with Crippen LogP contribution in [0.25, 0.3) is 11.1 Å². The Labute approximate surface area is 246 Å². The summed E-state index contributed by atoms with van der Waals surface area (Å²) in [5.41, 5.74) is 3.09. The van der Waals surface area contributed by atoms with Gasteiger partial charge in [-0.2, -0.15) is 13.2 Å². The van der Waals surface area contributed by atoms with Crippen molar-refractivity contribution in [2.75, 3.05) is 4.31 Å². The Morgan fingerprint density at radius 2 is 1.65 bits per heavy atom. The zero-order chi connectivity index (χ0) is 30.9. The first-order chi connectivity index (χ1) is 20.3. The SMILES string of the molecule is Cc1cc(CNC(=O)[C@@H]2Cc3ccccc3N2S(=O)(=O)c2ccc(-c3cccc(C(F)(F)F)c3)cc2)ccc1CC(=O)O. The van der Waals surface area contributed by atoms with Gasteiger partial charge in [0, 0.05) is 13.0 Å². The van der Waals surface area contributed by atoms with Gasteiger partial charge in [-0.1, -0.05) is 60.7 Å². The van der Waals surface area contributed by atoms with Crippen LogP contribution in [-0.4, -0.2) is 31.4 Å². The predicted molar refractivity (Wildman–Crippen MR) is 155 cm³/mol. The van der Waals surface area contributed by atoms with Crippen LogP contribution in [0.3, 0.4) is 0 Å². The summed E-state index contributed by atoms with van der Waals surface area (Å²) in [4.78, 5) is 24.4. The van der Waals surface area contributed by atoms with Crippen molar-refractivity contribution in [3.63, 3.8) is 0 Å². The maximum atomic E-state index is 13.9. The van der Waals surface area contributed by atoms with E-state index in [1.165, 1.54) is 36.4 Å². The Kier molecular flexibility index (Phi) is 8.02. The highest BCUT2D eigenvalue weighted by atomic mass is 32.2. The number of alkyl halides is 3. The smallest absolute Gasteiger partial charge is 0.416 e. The third-order valence-electron chi connectivity index (χ3n) is 7.38. The van der Waals surface area contributed by atoms with E-state index in [9.17, 15) is 31.2 Å². The van der Waals surface area contributed by atoms with Crippen molar-refractivity contribution < 1.29 is 36.3 Å². The second kappa shape index (κ2) is 11.6. The van der Waals surface area contributed by atoms with E-state index in [1.54, 1.807) is 49.4 Å². The Bertz CT molecular complexity index is 1800. The van der Waals surface area contributed by atoms with Crippen LogP contribution in [-0.2, 0) is 45.2 Å². The van der Waals surface area contributed by atoms with E-state index in [0.29, 0.717) is 22.4 Å². The summed E-state index contributed by atoms with van der Waals surface area (Å²) < 4.78 is 68.5. The molecule has 1 aliphatic rings. The number of carbonyl (C=O) groups excluding carboxylic acids is 1. The molecular weight excluding hydrogens is 581 g/mol. The first-order valence-electron chi connectivity index (χ1n) is 13.3. The van der Waals surface area contributed by atoms with Gasteiger partial charge in [0.2, 0.25) is 5.91 Å². The highest BCUT2D eigenvalue weighted by Gasteiger charge is 2.42. The molecule has 0 saturated heterocycles. The van der Waals surface area contributed by atoms with Gasteiger partial charge in [0.15, 0.2) is 0 Å². The number of halogens is 3. The number of fused-ring (bicyclic) bond motifs is 1. The number of nitrogens with zero attached hydrogens (tertiary/aromatic N) is 1. The number of anilines is 1. The molecule has 0 bridgehead atoms. The number of hydrogen-bond acceptors (Lipinski definition) is 4. The van der Waals surface area contributed by atoms with E-state index in [2.05, 4.69) is 5.32 Å². The summed E-state index contributed by atoms with van der Waals surface area (Å²) in [6, 6.07) is 21.2. The zero-order valence-corrected chi connectivity index (χ0v) is 23.7. The van der Waals surface area contributed by atoms with Crippen LogP contribution in [0.15, 0.2) is 95.9 Å². The molecule has 0 aromatic heterocycles. The summed E-state index contributed by atoms with van der Waals surface area (Å²) in [5, 5.41) is 11.9. The number of amides is 1. The quantitative estimate of drug-likeness (QED) is 0.265. The second-order valence-electron chi connectivity index (χ2n) is 10.3. The largest absolute Gasteiger partial charge is 0.481 e. The number of aliphatic carboxylic acids is 1. The van der Waals surface area contributed by atoms with Crippen molar-refractivity contribution in [2.45, 2.75) is 43.4 Å². The fraction of sp³-hybridized carbons (Fsp3) is 0.188. The Morgan fingerprint density at radius 3 is 2.33 bits per heavy atom. The summed E-state index contributed by atoms with van der Waals surface area (Å²) in [5.74, 6) is -1.45. The summed E-state index contributed by atoms with van der Waals surface area (Å²) in [6.45, 7) is 1.89. The molecule has 0 unspecified atom stereocenters. The summed E-state index contributed by atoms with van der Waals surface area (Å²) in [7, 11) is -4.25. The van der Waals surface area contributed by atoms with Gasteiger partial charge in [-0.15, -0.1) is 0 Å². The Balaban J connectivity index is 1.39. The minimum atomic E-state index is -4.51. The van der Waals surface area contributed by atoms with Crippen LogP contribution in [0.1, 0.15) is 27.8 Å². The molecule has 1 aliphatic heterocycles. The minimum Gasteiger partial charge on any atom is -0.481 e. The second-order valence-corrected chi connectivity index (χ2v) is 12.1. The molecule has 0 radical (unpaired) electrons. The zero-order valence-electron chi connectivity index (χ0n) is 22.9. The maximum absolute atomic E-state index is 13.9. The van der Waals surface area contributed by atoms with Crippen molar-refractivity contribution in [2.24, 2.45) is 0 Å². The third kappa shape index (κ3) is 6.26. The maximum Gasteiger partial charge on any atom is 0.416 e. The molecule has 222 valence electrons. The van der Waals surface area contributed by atoms with Crippen LogP contribution >= 0.6 is 0 Å². The molecule has 11 heteroatoms. The highest BCUT2D eigenvalue weighted by Crippen LogP contribution is 2.38. The average molecular weight is 609 g/mol. The molecule has 7 nitrogen and oxygen atoms in total. The molecule has 1 amide bonds. The molecule has 4 aromatic carbocycles. The molecular formula is C32H27F3N2O5S. The van der Waals surface area contributed by atoms with Crippen molar-refractivity contribution in [3.8, 4) is 11.1 Å².